The predicted octanol–water partition coefficient (Wildman–Crippen LogP) is 2.28. The van der Waals surface area contributed by atoms with Crippen LogP contribution in [0.1, 0.15) is 33.1 Å². The van der Waals surface area contributed by atoms with Crippen LogP contribution in [-0.2, 0) is 0 Å². The van der Waals surface area contributed by atoms with Gasteiger partial charge in [-0.1, -0.05) is 26.7 Å². The molecule has 0 heterocycles. The Morgan fingerprint density at radius 3 is 2.33 bits per heavy atom. The van der Waals surface area contributed by atoms with Crippen molar-refractivity contribution in [2.24, 2.45) is 0 Å². The highest BCUT2D eigenvalue weighted by molar-refractivity contribution is 4.52. The minimum Gasteiger partial charge on any atom is -0.0654 e. The predicted molar refractivity (Wildman–Crippen MR) is 28.4 cm³/mol. The molecule has 0 N–H and O–H groups in total. The fourth-order valence-corrected chi connectivity index (χ4v) is 0.354. The highest BCUT2D eigenvalue weighted by Crippen LogP contribution is 1.94. The minimum atomic E-state index is 1.16. The third-order valence-corrected chi connectivity index (χ3v) is 0.780. The molecule has 0 saturated heterocycles. The lowest BCUT2D eigenvalue weighted by Gasteiger charge is -1.85. The molecular formula is C6H12. The summed E-state index contributed by atoms with van der Waals surface area (Å²) in [5.41, 5.74) is 0. The smallest absolute Gasteiger partial charge is 0.0207 e. The van der Waals surface area contributed by atoms with Gasteiger partial charge in [0, 0.05) is 0 Å². The Labute approximate surface area is 40.6 Å². The standard InChI is InChI=1S/C6H12/c1-3-5-6-4-2/h3,5-6H2,1-2H3. The van der Waals surface area contributed by atoms with Crippen LogP contribution in [0.5, 0.6) is 0 Å². The molecule has 0 unspecified atom stereocenters. The summed E-state index contributed by atoms with van der Waals surface area (Å²) in [6, 6.07) is 0. The van der Waals surface area contributed by atoms with E-state index in [4.69, 9.17) is 0 Å². The largest absolute Gasteiger partial charge is 0.0654 e. The van der Waals surface area contributed by atoms with E-state index in [-0.39, 0.29) is 0 Å². The Kier molecular flexibility index (Phi) is 5.00. The monoisotopic (exact) mass is 84.1 g/mol. The van der Waals surface area contributed by atoms with Crippen LogP contribution < -0.4 is 0 Å². The molecule has 0 atom stereocenters. The summed E-state index contributed by atoms with van der Waals surface area (Å²) < 4.78 is 0. The first-order valence-corrected chi connectivity index (χ1v) is 2.56. The van der Waals surface area contributed by atoms with Crippen LogP contribution in [-0.4, -0.2) is 0 Å². The normalized spacial score (nSPS) is 9.00. The van der Waals surface area contributed by atoms with Crippen molar-refractivity contribution in [2.45, 2.75) is 33.1 Å². The molecule has 0 aromatic heterocycles. The van der Waals surface area contributed by atoms with Crippen LogP contribution in [0.2, 0.25) is 0 Å². The first-order valence-electron chi connectivity index (χ1n) is 2.56. The van der Waals surface area contributed by atoms with Gasteiger partial charge in [-0.05, 0) is 12.8 Å². The second-order valence-electron chi connectivity index (χ2n) is 1.46. The van der Waals surface area contributed by atoms with E-state index in [9.17, 15) is 0 Å². The maximum Gasteiger partial charge on any atom is -0.0207 e. The van der Waals surface area contributed by atoms with E-state index in [0.717, 1.165) is 6.42 Å². The number of rotatable bonds is 3. The second kappa shape index (κ2) is 5.00. The number of hydrogen-bond acceptors (Lipinski definition) is 0. The van der Waals surface area contributed by atoms with Crippen molar-refractivity contribution in [2.75, 3.05) is 0 Å². The lowest BCUT2D eigenvalue weighted by Crippen LogP contribution is -1.67. The first-order chi connectivity index (χ1) is 2.91. The summed E-state index contributed by atoms with van der Waals surface area (Å²) >= 11 is 0. The van der Waals surface area contributed by atoms with Crippen LogP contribution in [0.3, 0.4) is 0 Å². The van der Waals surface area contributed by atoms with Crippen molar-refractivity contribution >= 4 is 0 Å². The molecule has 0 rings (SSSR count). The molecule has 36 valence electrons. The van der Waals surface area contributed by atoms with Crippen molar-refractivity contribution < 1.29 is 0 Å². The molecule has 6 heavy (non-hydrogen) atoms. The molecule has 0 saturated carbocycles. The van der Waals surface area contributed by atoms with Crippen LogP contribution in [0.15, 0.2) is 0 Å². The maximum atomic E-state index is 3.07. The van der Waals surface area contributed by atoms with Crippen molar-refractivity contribution in [3.63, 3.8) is 0 Å². The Bertz CT molecular complexity index is 12.0. The van der Waals surface area contributed by atoms with Crippen LogP contribution in [0, 0.1) is 6.42 Å². The summed E-state index contributed by atoms with van der Waals surface area (Å²) in [7, 11) is 0. The van der Waals surface area contributed by atoms with Crippen molar-refractivity contribution in [1.82, 2.24) is 0 Å². The fraction of sp³-hybridized carbons (Fsp3) is 0.833. The molecule has 0 nitrogen and oxygen atoms in total. The van der Waals surface area contributed by atoms with Crippen LogP contribution >= 0.6 is 0 Å². The number of hydrogen-bond donors (Lipinski definition) is 0. The summed E-state index contributed by atoms with van der Waals surface area (Å²) in [5, 5.41) is 0. The van der Waals surface area contributed by atoms with E-state index in [1.165, 1.54) is 12.8 Å². The van der Waals surface area contributed by atoms with Gasteiger partial charge in [0.05, 0.1) is 0 Å². The van der Waals surface area contributed by atoms with Crippen molar-refractivity contribution in [3.05, 3.63) is 6.42 Å². The summed E-state index contributed by atoms with van der Waals surface area (Å²) in [6.07, 6.45) is 6.83. The van der Waals surface area contributed by atoms with E-state index < -0.39 is 0 Å². The lowest BCUT2D eigenvalue weighted by atomic mass is 10.2. The lowest BCUT2D eigenvalue weighted by molar-refractivity contribution is 0.784. The second-order valence-corrected chi connectivity index (χ2v) is 1.46. The van der Waals surface area contributed by atoms with E-state index in [2.05, 4.69) is 13.3 Å². The van der Waals surface area contributed by atoms with Gasteiger partial charge in [-0.15, -0.1) is 0 Å². The maximum absolute atomic E-state index is 3.07. The highest BCUT2D eigenvalue weighted by Gasteiger charge is 1.76. The quantitative estimate of drug-likeness (QED) is 0.460. The third-order valence-electron chi connectivity index (χ3n) is 0.780. The fourth-order valence-electron chi connectivity index (χ4n) is 0.354. The molecular weight excluding hydrogens is 72.1 g/mol. The van der Waals surface area contributed by atoms with E-state index in [1.807, 2.05) is 6.92 Å². The van der Waals surface area contributed by atoms with Gasteiger partial charge in [0.2, 0.25) is 0 Å². The zero-order valence-corrected chi connectivity index (χ0v) is 4.62. The Morgan fingerprint density at radius 1 is 1.50 bits per heavy atom. The molecule has 0 bridgehead atoms. The van der Waals surface area contributed by atoms with Crippen LogP contribution in [0.4, 0.5) is 0 Å². The molecule has 0 aliphatic heterocycles. The van der Waals surface area contributed by atoms with E-state index in [0.29, 0.717) is 0 Å². The third kappa shape index (κ3) is 4.00. The van der Waals surface area contributed by atoms with Gasteiger partial charge < -0.3 is 0 Å². The Morgan fingerprint density at radius 2 is 2.17 bits per heavy atom. The molecule has 0 aliphatic carbocycles. The molecule has 0 fully saturated rings. The molecule has 0 aromatic rings. The van der Waals surface area contributed by atoms with Gasteiger partial charge in [-0.2, -0.15) is 0 Å². The number of unbranched alkanes of at least 4 members (excludes halogenated alkanes) is 3. The van der Waals surface area contributed by atoms with Gasteiger partial charge >= 0.3 is 0 Å². The first kappa shape index (κ1) is 6.00. The van der Waals surface area contributed by atoms with Gasteiger partial charge in [0.1, 0.15) is 0 Å². The molecule has 0 aliphatic rings. The van der Waals surface area contributed by atoms with Gasteiger partial charge in [0.25, 0.3) is 0 Å². The molecule has 0 spiro atoms. The SMILES string of the molecule is C[C]CCCC. The van der Waals surface area contributed by atoms with Crippen LogP contribution in [0.25, 0.3) is 0 Å². The molecule has 0 aromatic carbocycles. The van der Waals surface area contributed by atoms with E-state index in [1.54, 1.807) is 0 Å². The van der Waals surface area contributed by atoms with Gasteiger partial charge in [-0.3, -0.25) is 0 Å². The molecule has 0 heteroatoms. The van der Waals surface area contributed by atoms with E-state index >= 15 is 0 Å². The zero-order chi connectivity index (χ0) is 4.83. The average molecular weight is 84.2 g/mol. The topological polar surface area (TPSA) is 0 Å². The Hall–Kier alpha value is 0. The van der Waals surface area contributed by atoms with Gasteiger partial charge in [-0.25, -0.2) is 0 Å². The average Bonchev–Trinajstić information content (AvgIpc) is 1.61. The zero-order valence-electron chi connectivity index (χ0n) is 4.62. The van der Waals surface area contributed by atoms with Crippen molar-refractivity contribution in [1.29, 1.82) is 0 Å². The summed E-state index contributed by atoms with van der Waals surface area (Å²) in [4.78, 5) is 0. The van der Waals surface area contributed by atoms with Gasteiger partial charge in [0.15, 0.2) is 0 Å². The summed E-state index contributed by atoms with van der Waals surface area (Å²) in [5.74, 6) is 0. The van der Waals surface area contributed by atoms with Crippen molar-refractivity contribution in [3.8, 4) is 0 Å². The highest BCUT2D eigenvalue weighted by atomic mass is 13.8. The molecule has 2 radical (unpaired) electrons. The molecule has 0 amide bonds. The Balaban J connectivity index is 2.34. The summed E-state index contributed by atoms with van der Waals surface area (Å²) in [6.45, 7) is 4.17. The minimum absolute atomic E-state index is 1.16.